The Morgan fingerprint density at radius 1 is 1.31 bits per heavy atom. The van der Waals surface area contributed by atoms with Crippen molar-refractivity contribution in [2.75, 3.05) is 36.6 Å². The van der Waals surface area contributed by atoms with Gasteiger partial charge in [0.1, 0.15) is 45.5 Å². The third kappa shape index (κ3) is 11.4. The van der Waals surface area contributed by atoms with Crippen molar-refractivity contribution in [2.45, 2.75) is 39.3 Å². The van der Waals surface area contributed by atoms with Crippen LogP contribution in [0.25, 0.3) is 0 Å². The van der Waals surface area contributed by atoms with Crippen LogP contribution in [0.15, 0.2) is 59.6 Å². The number of carboxylic acid groups (broad SMARTS) is 1. The van der Waals surface area contributed by atoms with Gasteiger partial charge in [0.05, 0.1) is 17.2 Å². The molecule has 0 fully saturated rings. The molecule has 20 heteroatoms. The maximum Gasteiger partial charge on any atom is 0.320 e. The number of benzene rings is 3. The number of nitrogens with two attached hydrogens (primary N) is 2. The Kier molecular flexibility index (Phi) is 13.8. The monoisotopic (exact) mass is 817 g/mol. The number of ether oxygens (including phenoxy) is 2. The first kappa shape index (κ1) is 42.4. The molecule has 16 nitrogen and oxygen atoms in total. The molecule has 1 aromatic heterocycles. The molecule has 0 radical (unpaired) electrons. The predicted octanol–water partition coefficient (Wildman–Crippen LogP) is 5.57. The third-order valence-corrected chi connectivity index (χ3v) is 10.2. The number of aliphatic carboxylic acids is 1. The smallest absolute Gasteiger partial charge is 0.320 e. The number of amides is 1. The number of hydrogen-bond donors (Lipinski definition) is 4. The van der Waals surface area contributed by atoms with Crippen molar-refractivity contribution in [3.05, 3.63) is 86.2 Å². The van der Waals surface area contributed by atoms with E-state index in [9.17, 15) is 28.7 Å². The molecule has 0 bridgehead atoms. The van der Waals surface area contributed by atoms with Crippen molar-refractivity contribution in [3.63, 3.8) is 0 Å². The minimum atomic E-state index is -3.10. The van der Waals surface area contributed by atoms with Crippen LogP contribution >= 0.6 is 30.5 Å². The van der Waals surface area contributed by atoms with Crippen LogP contribution in [0.3, 0.4) is 0 Å². The lowest BCUT2D eigenvalue weighted by atomic mass is 9.92. The zero-order valence-corrected chi connectivity index (χ0v) is 32.3. The van der Waals surface area contributed by atoms with E-state index in [1.165, 1.54) is 47.4 Å². The number of terminal acetylenes is 1. The van der Waals surface area contributed by atoms with Crippen LogP contribution in [0.5, 0.6) is 17.2 Å². The van der Waals surface area contributed by atoms with Gasteiger partial charge in [-0.1, -0.05) is 49.6 Å². The molecule has 6 rings (SSSR count). The number of rotatable bonds is 9. The molecule has 3 heterocycles. The highest BCUT2D eigenvalue weighted by Crippen LogP contribution is 2.40. The van der Waals surface area contributed by atoms with Crippen LogP contribution in [0.4, 0.5) is 27.1 Å². The second-order valence-electron chi connectivity index (χ2n) is 13.2. The molecule has 2 unspecified atom stereocenters. The summed E-state index contributed by atoms with van der Waals surface area (Å²) in [5.41, 5.74) is 11.0. The molecule has 6 N–H and O–H groups in total. The first-order valence-electron chi connectivity index (χ1n) is 16.3. The van der Waals surface area contributed by atoms with Crippen molar-refractivity contribution in [3.8, 4) is 29.6 Å². The van der Waals surface area contributed by atoms with E-state index in [4.69, 9.17) is 49.0 Å². The van der Waals surface area contributed by atoms with Crippen molar-refractivity contribution < 1.29 is 42.9 Å². The molecule has 3 aromatic carbocycles. The van der Waals surface area contributed by atoms with Gasteiger partial charge in [-0.15, -0.1) is 6.42 Å². The molecule has 4 aromatic rings. The number of anilines is 2. The summed E-state index contributed by atoms with van der Waals surface area (Å²) in [6, 6.07) is 13.3. The molecule has 2 aliphatic heterocycles. The molecular weight excluding hydrogens is 780 g/mol. The highest BCUT2D eigenvalue weighted by Gasteiger charge is 2.31. The van der Waals surface area contributed by atoms with Crippen LogP contribution < -0.4 is 30.6 Å². The number of para-hydroxylation sites is 1. The Hall–Kier alpha value is -5.31. The van der Waals surface area contributed by atoms with Gasteiger partial charge in [0.15, 0.2) is 19.8 Å². The van der Waals surface area contributed by atoms with Crippen LogP contribution in [0, 0.1) is 33.7 Å². The van der Waals surface area contributed by atoms with Gasteiger partial charge in [-0.25, -0.2) is 9.38 Å². The lowest BCUT2D eigenvalue weighted by molar-refractivity contribution is -0.383. The van der Waals surface area contributed by atoms with Gasteiger partial charge < -0.3 is 35.5 Å². The average molecular weight is 818 g/mol. The first-order chi connectivity index (χ1) is 25.8. The summed E-state index contributed by atoms with van der Waals surface area (Å²) in [7, 11) is -3.10. The number of aromatic nitrogens is 2. The number of halogens is 2. The molecule has 55 heavy (non-hydrogen) atoms. The second kappa shape index (κ2) is 17.9. The number of nitrogens with zero attached hydrogens (tertiary/aromatic N) is 5. The number of carboxylic acids is 1. The van der Waals surface area contributed by atoms with E-state index >= 15 is 0 Å². The van der Waals surface area contributed by atoms with E-state index in [-0.39, 0.29) is 64.9 Å². The lowest BCUT2D eigenvalue weighted by Gasteiger charge is -2.28. The average Bonchev–Trinajstić information content (AvgIpc) is 3.62. The molecule has 0 aliphatic carbocycles. The largest absolute Gasteiger partial charge is 0.481 e. The number of fused-ring (bicyclic) bond motifs is 2. The summed E-state index contributed by atoms with van der Waals surface area (Å²) >= 11 is 7.18. The summed E-state index contributed by atoms with van der Waals surface area (Å²) in [6.07, 6.45) is 6.22. The molecule has 0 saturated heterocycles. The summed E-state index contributed by atoms with van der Waals surface area (Å²) in [4.78, 5) is 47.5. The fourth-order valence-corrected chi connectivity index (χ4v) is 6.88. The number of carbonyl (C=O) groups is 2. The van der Waals surface area contributed by atoms with Gasteiger partial charge in [0.25, 0.3) is 11.6 Å². The molecule has 0 saturated carbocycles. The summed E-state index contributed by atoms with van der Waals surface area (Å²) in [5, 5.41) is 19.0. The molecule has 2 atom stereocenters. The number of nitro groups is 1. The van der Waals surface area contributed by atoms with Crippen LogP contribution in [0.2, 0.25) is 5.02 Å². The summed E-state index contributed by atoms with van der Waals surface area (Å²) in [5.74, 6) is 2.64. The van der Waals surface area contributed by atoms with Crippen molar-refractivity contribution in [1.82, 2.24) is 8.94 Å². The minimum absolute atomic E-state index is 0.0352. The Balaban J connectivity index is 0.000000202. The Morgan fingerprint density at radius 3 is 2.62 bits per heavy atom. The first-order valence-corrected chi connectivity index (χ1v) is 19.8. The van der Waals surface area contributed by atoms with Crippen molar-refractivity contribution in [2.24, 2.45) is 16.1 Å². The molecule has 2 aliphatic rings. The van der Waals surface area contributed by atoms with Gasteiger partial charge >= 0.3 is 5.97 Å². The highest BCUT2D eigenvalue weighted by molar-refractivity contribution is 7.57. The van der Waals surface area contributed by atoms with E-state index in [1.54, 1.807) is 24.3 Å². The Labute approximate surface area is 323 Å². The van der Waals surface area contributed by atoms with E-state index in [2.05, 4.69) is 29.1 Å². The number of nitrogen functional groups attached to an aromatic ring is 1. The number of carbonyl (C=O) groups excluding carboxylic acids is 1. The predicted molar refractivity (Wildman–Crippen MR) is 206 cm³/mol. The maximum absolute atomic E-state index is 14.5. The van der Waals surface area contributed by atoms with E-state index in [0.717, 1.165) is 18.8 Å². The second-order valence-corrected chi connectivity index (χ2v) is 16.8. The van der Waals surface area contributed by atoms with E-state index in [1.807, 2.05) is 10.6 Å². The Morgan fingerprint density at radius 2 is 2.00 bits per heavy atom. The van der Waals surface area contributed by atoms with Crippen LogP contribution in [0.1, 0.15) is 26.1 Å². The van der Waals surface area contributed by atoms with Crippen molar-refractivity contribution >= 4 is 65.1 Å². The molecule has 292 valence electrons. The minimum Gasteiger partial charge on any atom is -0.481 e. The van der Waals surface area contributed by atoms with Gasteiger partial charge in [-0.05, 0) is 36.1 Å². The quantitative estimate of drug-likeness (QED) is 0.0533. The fraction of sp³-hybridized carbons (Fsp3) is 0.314. The number of nitro benzene ring substituents is 1. The Bertz CT molecular complexity index is 2240. The van der Waals surface area contributed by atoms with Gasteiger partial charge in [-0.3, -0.25) is 29.2 Å². The molecular formula is C35H38ClFN7O9PS. The standard InChI is InChI=1S/C18H17FN4O2S.C12H9ClN2O3.C5H12NO4P/c1-4-5-22-13-7-12(11(19)6-14(13)25-9-16(22)24)20-17-23-10-18(2,3)8-15(23)21-26-17;13-11-10(18-8-4-2-1-3-5-8)7-6-9(12(11)14)15(16)17;1-11(9,10)3-2-4(6)5(7)8/h1,6-7H,5,8-10H2,2-3H3;1-7H,14H2;4H,2-3,6H2,1H3,(H,7,8)(H,9,10). The van der Waals surface area contributed by atoms with E-state index in [0.29, 0.717) is 22.0 Å². The number of hydrogen-bond acceptors (Lipinski definition) is 12. The van der Waals surface area contributed by atoms with Gasteiger partial charge in [-0.2, -0.15) is 4.37 Å². The van der Waals surface area contributed by atoms with Gasteiger partial charge in [0, 0.05) is 49.5 Å². The zero-order chi connectivity index (χ0) is 40.7. The maximum atomic E-state index is 14.5. The molecule has 0 spiro atoms. The lowest BCUT2D eigenvalue weighted by Crippen LogP contribution is -2.39. The van der Waals surface area contributed by atoms with Crippen molar-refractivity contribution in [1.29, 1.82) is 0 Å². The summed E-state index contributed by atoms with van der Waals surface area (Å²) in [6.45, 7) is 6.24. The summed E-state index contributed by atoms with van der Waals surface area (Å²) < 4.78 is 42.5. The normalized spacial score (nSPS) is 15.7. The van der Waals surface area contributed by atoms with Crippen LogP contribution in [-0.4, -0.2) is 67.8 Å². The highest BCUT2D eigenvalue weighted by atomic mass is 35.5. The SMILES string of the molecule is C#CCN1C(=O)COc2cc(F)c(N=c3snc4n3CC(C)(C)C4)cc21.CP(=O)(O)CCC(N)C(=O)O.Nc1c([N+](=O)[O-])ccc(Oc2ccccc2)c1Cl. The van der Waals surface area contributed by atoms with E-state index < -0.39 is 30.1 Å². The fourth-order valence-electron chi connectivity index (χ4n) is 5.16. The zero-order valence-electron chi connectivity index (χ0n) is 29.8. The van der Waals surface area contributed by atoms with Crippen LogP contribution in [-0.2, 0) is 27.1 Å². The molecule has 1 amide bonds. The topological polar surface area (TPSA) is 239 Å². The van der Waals surface area contributed by atoms with Gasteiger partial charge in [0.2, 0.25) is 4.80 Å². The third-order valence-electron chi connectivity index (χ3n) is 7.90.